The Balaban J connectivity index is 2.96. The summed E-state index contributed by atoms with van der Waals surface area (Å²) in [4.78, 5) is 22.9. The van der Waals surface area contributed by atoms with Crippen molar-refractivity contribution in [1.29, 1.82) is 0 Å². The van der Waals surface area contributed by atoms with E-state index in [-0.39, 0.29) is 5.91 Å². The first-order chi connectivity index (χ1) is 8.45. The Kier molecular flexibility index (Phi) is 4.97. The zero-order valence-corrected chi connectivity index (χ0v) is 11.0. The number of halogens is 1. The third-order valence-corrected chi connectivity index (χ3v) is 2.60. The Labute approximate surface area is 111 Å². The molecule has 0 aliphatic heterocycles. The summed E-state index contributed by atoms with van der Waals surface area (Å²) in [5, 5.41) is 6.01. The first-order valence-electron chi connectivity index (χ1n) is 5.59. The molecule has 1 rings (SSSR count). The molecule has 0 aromatic heterocycles. The van der Waals surface area contributed by atoms with E-state index in [1.165, 1.54) is 6.92 Å². The molecule has 5 nitrogen and oxygen atoms in total. The molecular formula is C12H16ClN3O2. The van der Waals surface area contributed by atoms with Crippen LogP contribution in [0.2, 0.25) is 5.02 Å². The molecule has 0 aliphatic rings. The van der Waals surface area contributed by atoms with Crippen molar-refractivity contribution in [3.8, 4) is 0 Å². The number of nitrogens with two attached hydrogens (primary N) is 1. The van der Waals surface area contributed by atoms with E-state index in [1.807, 2.05) is 6.92 Å². The van der Waals surface area contributed by atoms with Gasteiger partial charge in [-0.2, -0.15) is 0 Å². The predicted octanol–water partition coefficient (Wildman–Crippen LogP) is 1.38. The summed E-state index contributed by atoms with van der Waals surface area (Å²) in [6.45, 7) is 4.12. The van der Waals surface area contributed by atoms with Gasteiger partial charge in [0.1, 0.15) is 6.04 Å². The lowest BCUT2D eigenvalue weighted by atomic mass is 10.1. The van der Waals surface area contributed by atoms with Gasteiger partial charge in [0, 0.05) is 17.3 Å². The molecule has 1 atom stereocenters. The van der Waals surface area contributed by atoms with Gasteiger partial charge in [-0.25, -0.2) is 0 Å². The zero-order valence-electron chi connectivity index (χ0n) is 10.3. The van der Waals surface area contributed by atoms with Crippen molar-refractivity contribution in [2.24, 2.45) is 5.73 Å². The zero-order chi connectivity index (χ0) is 13.7. The quantitative estimate of drug-likeness (QED) is 0.755. The molecule has 1 unspecified atom stereocenters. The van der Waals surface area contributed by atoms with E-state index in [4.69, 9.17) is 17.3 Å². The summed E-state index contributed by atoms with van der Waals surface area (Å²) < 4.78 is 0. The van der Waals surface area contributed by atoms with Crippen LogP contribution in [-0.4, -0.2) is 24.4 Å². The van der Waals surface area contributed by atoms with E-state index < -0.39 is 11.9 Å². The fourth-order valence-corrected chi connectivity index (χ4v) is 1.57. The van der Waals surface area contributed by atoms with Gasteiger partial charge >= 0.3 is 0 Å². The van der Waals surface area contributed by atoms with Crippen LogP contribution in [0.15, 0.2) is 18.2 Å². The maximum atomic E-state index is 12.0. The van der Waals surface area contributed by atoms with Gasteiger partial charge in [-0.05, 0) is 32.0 Å². The molecule has 0 bridgehead atoms. The van der Waals surface area contributed by atoms with Crippen molar-refractivity contribution in [3.05, 3.63) is 28.8 Å². The largest absolute Gasteiger partial charge is 0.385 e. The Bertz CT molecular complexity index is 463. The van der Waals surface area contributed by atoms with Gasteiger partial charge in [-0.3, -0.25) is 9.59 Å². The van der Waals surface area contributed by atoms with E-state index in [0.717, 1.165) is 0 Å². The minimum absolute atomic E-state index is 0.387. The number of rotatable bonds is 5. The molecule has 98 valence electrons. The average molecular weight is 270 g/mol. The number of primary amides is 1. The van der Waals surface area contributed by atoms with Gasteiger partial charge in [0.25, 0.3) is 5.91 Å². The average Bonchev–Trinajstić information content (AvgIpc) is 2.31. The lowest BCUT2D eigenvalue weighted by molar-refractivity contribution is -0.119. The minimum Gasteiger partial charge on any atom is -0.385 e. The van der Waals surface area contributed by atoms with Crippen LogP contribution < -0.4 is 16.4 Å². The first-order valence-corrected chi connectivity index (χ1v) is 5.97. The standard InChI is InChI=1S/C12H16ClN3O2/c1-3-15-10-5-4-8(13)6-9(10)12(18)16-7(2)11(14)17/h4-7,15H,3H2,1-2H3,(H2,14,17)(H,16,18). The second-order valence-corrected chi connectivity index (χ2v) is 4.25. The molecule has 2 amide bonds. The van der Waals surface area contributed by atoms with Crippen LogP contribution in [0.25, 0.3) is 0 Å². The third-order valence-electron chi connectivity index (χ3n) is 2.37. The molecule has 0 saturated heterocycles. The number of amides is 2. The van der Waals surface area contributed by atoms with Gasteiger partial charge in [0.2, 0.25) is 5.91 Å². The molecule has 18 heavy (non-hydrogen) atoms. The van der Waals surface area contributed by atoms with Crippen molar-refractivity contribution in [3.63, 3.8) is 0 Å². The van der Waals surface area contributed by atoms with Crippen LogP contribution in [-0.2, 0) is 4.79 Å². The topological polar surface area (TPSA) is 84.2 Å². The van der Waals surface area contributed by atoms with Crippen molar-refractivity contribution in [1.82, 2.24) is 5.32 Å². The van der Waals surface area contributed by atoms with Gasteiger partial charge < -0.3 is 16.4 Å². The highest BCUT2D eigenvalue weighted by atomic mass is 35.5. The van der Waals surface area contributed by atoms with Crippen LogP contribution in [0.4, 0.5) is 5.69 Å². The Morgan fingerprint density at radius 3 is 2.67 bits per heavy atom. The highest BCUT2D eigenvalue weighted by molar-refractivity contribution is 6.31. The molecule has 0 heterocycles. The molecule has 0 fully saturated rings. The number of carbonyl (C=O) groups excluding carboxylic acids is 2. The summed E-state index contributed by atoms with van der Waals surface area (Å²) in [6, 6.07) is 4.22. The lowest BCUT2D eigenvalue weighted by Crippen LogP contribution is -2.42. The van der Waals surface area contributed by atoms with Gasteiger partial charge in [0.15, 0.2) is 0 Å². The molecule has 4 N–H and O–H groups in total. The molecule has 0 spiro atoms. The number of benzene rings is 1. The van der Waals surface area contributed by atoms with Crippen LogP contribution in [0, 0.1) is 0 Å². The van der Waals surface area contributed by atoms with E-state index >= 15 is 0 Å². The normalized spacial score (nSPS) is 11.7. The van der Waals surface area contributed by atoms with Crippen LogP contribution >= 0.6 is 11.6 Å². The van der Waals surface area contributed by atoms with Crippen LogP contribution in [0.1, 0.15) is 24.2 Å². The third kappa shape index (κ3) is 3.63. The second kappa shape index (κ2) is 6.26. The Hall–Kier alpha value is -1.75. The molecule has 1 aromatic rings. The maximum Gasteiger partial charge on any atom is 0.254 e. The fourth-order valence-electron chi connectivity index (χ4n) is 1.39. The molecule has 0 radical (unpaired) electrons. The number of anilines is 1. The Morgan fingerprint density at radius 2 is 2.11 bits per heavy atom. The van der Waals surface area contributed by atoms with Crippen molar-refractivity contribution in [2.45, 2.75) is 19.9 Å². The summed E-state index contributed by atoms with van der Waals surface area (Å²) in [7, 11) is 0. The smallest absolute Gasteiger partial charge is 0.254 e. The molecule has 0 saturated carbocycles. The monoisotopic (exact) mass is 269 g/mol. The minimum atomic E-state index is -0.731. The van der Waals surface area contributed by atoms with Gasteiger partial charge in [0.05, 0.1) is 5.56 Å². The van der Waals surface area contributed by atoms with Crippen LogP contribution in [0.3, 0.4) is 0 Å². The molecule has 0 aliphatic carbocycles. The summed E-state index contributed by atoms with van der Waals surface area (Å²) in [5.41, 5.74) is 6.14. The van der Waals surface area contributed by atoms with Crippen molar-refractivity contribution >= 4 is 29.1 Å². The van der Waals surface area contributed by atoms with E-state index in [9.17, 15) is 9.59 Å². The summed E-state index contributed by atoms with van der Waals surface area (Å²) in [5.74, 6) is -0.977. The van der Waals surface area contributed by atoms with Gasteiger partial charge in [-0.15, -0.1) is 0 Å². The highest BCUT2D eigenvalue weighted by Gasteiger charge is 2.16. The highest BCUT2D eigenvalue weighted by Crippen LogP contribution is 2.20. The van der Waals surface area contributed by atoms with Crippen LogP contribution in [0.5, 0.6) is 0 Å². The Morgan fingerprint density at radius 1 is 1.44 bits per heavy atom. The summed E-state index contributed by atoms with van der Waals surface area (Å²) in [6.07, 6.45) is 0. The summed E-state index contributed by atoms with van der Waals surface area (Å²) >= 11 is 5.86. The van der Waals surface area contributed by atoms with E-state index in [0.29, 0.717) is 22.8 Å². The number of nitrogens with one attached hydrogen (secondary N) is 2. The maximum absolute atomic E-state index is 12.0. The molecule has 1 aromatic carbocycles. The number of carbonyl (C=O) groups is 2. The first kappa shape index (κ1) is 14.3. The number of hydrogen-bond donors (Lipinski definition) is 3. The second-order valence-electron chi connectivity index (χ2n) is 3.82. The molecular weight excluding hydrogens is 254 g/mol. The fraction of sp³-hybridized carbons (Fsp3) is 0.333. The van der Waals surface area contributed by atoms with E-state index in [2.05, 4.69) is 10.6 Å². The predicted molar refractivity (Wildman–Crippen MR) is 71.7 cm³/mol. The molecule has 6 heteroatoms. The SMILES string of the molecule is CCNc1ccc(Cl)cc1C(=O)NC(C)C(N)=O. The van der Waals surface area contributed by atoms with Gasteiger partial charge in [-0.1, -0.05) is 11.6 Å². The van der Waals surface area contributed by atoms with Crippen molar-refractivity contribution < 1.29 is 9.59 Å². The number of hydrogen-bond acceptors (Lipinski definition) is 3. The van der Waals surface area contributed by atoms with Crippen molar-refractivity contribution in [2.75, 3.05) is 11.9 Å². The van der Waals surface area contributed by atoms with E-state index in [1.54, 1.807) is 18.2 Å². The lowest BCUT2D eigenvalue weighted by Gasteiger charge is -2.14.